The third-order valence-electron chi connectivity index (χ3n) is 5.22. The van der Waals surface area contributed by atoms with Crippen molar-refractivity contribution in [3.8, 4) is 0 Å². The van der Waals surface area contributed by atoms with Crippen molar-refractivity contribution in [1.29, 1.82) is 0 Å². The summed E-state index contributed by atoms with van der Waals surface area (Å²) in [6.45, 7) is 4.48. The lowest BCUT2D eigenvalue weighted by Gasteiger charge is -2.38. The van der Waals surface area contributed by atoms with Gasteiger partial charge in [-0.2, -0.15) is 0 Å². The summed E-state index contributed by atoms with van der Waals surface area (Å²) in [5.41, 5.74) is 0.892. The molecule has 3 rings (SSSR count). The van der Waals surface area contributed by atoms with Gasteiger partial charge in [-0.25, -0.2) is 4.39 Å². The molecule has 0 spiro atoms. The molecule has 1 aromatic carbocycles. The van der Waals surface area contributed by atoms with Gasteiger partial charge in [0.05, 0.1) is 12.0 Å². The largest absolute Gasteiger partial charge is 0.381 e. The van der Waals surface area contributed by atoms with Gasteiger partial charge in [0, 0.05) is 31.8 Å². The Kier molecular flexibility index (Phi) is 4.97. The molecule has 4 nitrogen and oxygen atoms in total. The molecular weight excluding hydrogens is 297 g/mol. The van der Waals surface area contributed by atoms with Crippen LogP contribution in [0.3, 0.4) is 0 Å². The Morgan fingerprint density at radius 1 is 1.26 bits per heavy atom. The van der Waals surface area contributed by atoms with Crippen LogP contribution in [0.2, 0.25) is 0 Å². The average Bonchev–Trinajstić information content (AvgIpc) is 3.00. The highest BCUT2D eigenvalue weighted by Crippen LogP contribution is 2.34. The fourth-order valence-electron chi connectivity index (χ4n) is 3.60. The second-order valence-corrected chi connectivity index (χ2v) is 6.59. The summed E-state index contributed by atoms with van der Waals surface area (Å²) >= 11 is 0. The maximum Gasteiger partial charge on any atom is 0.225 e. The molecular formula is C18H24FNO3. The van der Waals surface area contributed by atoms with E-state index >= 15 is 0 Å². The maximum absolute atomic E-state index is 13.2. The number of benzene rings is 1. The van der Waals surface area contributed by atoms with E-state index in [1.54, 1.807) is 0 Å². The molecule has 0 bridgehead atoms. The Morgan fingerprint density at radius 3 is 2.57 bits per heavy atom. The first-order valence-electron chi connectivity index (χ1n) is 8.34. The van der Waals surface area contributed by atoms with Gasteiger partial charge in [0.2, 0.25) is 5.91 Å². The molecule has 1 amide bonds. The number of hydrogen-bond acceptors (Lipinski definition) is 3. The second kappa shape index (κ2) is 6.97. The van der Waals surface area contributed by atoms with Crippen molar-refractivity contribution in [2.75, 3.05) is 26.4 Å². The van der Waals surface area contributed by atoms with Crippen LogP contribution in [0.1, 0.15) is 31.7 Å². The molecule has 2 fully saturated rings. The second-order valence-electron chi connectivity index (χ2n) is 6.59. The zero-order valence-corrected chi connectivity index (χ0v) is 13.5. The third kappa shape index (κ3) is 3.56. The number of rotatable bonds is 4. The standard InChI is InChI=1S/C18H24FNO3/c1-13-16(6-9-23-13)17(21)20-12-18(7-10-22-11-8-18)14-2-4-15(19)5-3-14/h2-5,13,16H,6-12H2,1H3,(H,20,21). The molecule has 2 heterocycles. The summed E-state index contributed by atoms with van der Waals surface area (Å²) in [6.07, 6.45) is 2.41. The van der Waals surface area contributed by atoms with E-state index in [0.29, 0.717) is 26.4 Å². The van der Waals surface area contributed by atoms with Crippen molar-refractivity contribution in [3.05, 3.63) is 35.6 Å². The van der Waals surface area contributed by atoms with E-state index in [4.69, 9.17) is 9.47 Å². The number of hydrogen-bond donors (Lipinski definition) is 1. The lowest BCUT2D eigenvalue weighted by Crippen LogP contribution is -2.46. The lowest BCUT2D eigenvalue weighted by atomic mass is 9.74. The molecule has 5 heteroatoms. The van der Waals surface area contributed by atoms with Crippen LogP contribution >= 0.6 is 0 Å². The van der Waals surface area contributed by atoms with Crippen LogP contribution < -0.4 is 5.32 Å². The van der Waals surface area contributed by atoms with Crippen LogP contribution in [0.5, 0.6) is 0 Å². The molecule has 23 heavy (non-hydrogen) atoms. The van der Waals surface area contributed by atoms with Crippen LogP contribution in [0, 0.1) is 11.7 Å². The van der Waals surface area contributed by atoms with Gasteiger partial charge >= 0.3 is 0 Å². The van der Waals surface area contributed by atoms with E-state index in [-0.39, 0.29) is 29.2 Å². The highest BCUT2D eigenvalue weighted by atomic mass is 19.1. The molecule has 2 atom stereocenters. The van der Waals surface area contributed by atoms with Crippen molar-refractivity contribution < 1.29 is 18.7 Å². The number of nitrogens with one attached hydrogen (secondary N) is 1. The van der Waals surface area contributed by atoms with Gasteiger partial charge in [0.25, 0.3) is 0 Å². The monoisotopic (exact) mass is 321 g/mol. The normalized spacial score (nSPS) is 26.9. The lowest BCUT2D eigenvalue weighted by molar-refractivity contribution is -0.126. The van der Waals surface area contributed by atoms with Gasteiger partial charge in [-0.3, -0.25) is 4.79 Å². The minimum absolute atomic E-state index is 0.0218. The van der Waals surface area contributed by atoms with Crippen molar-refractivity contribution in [1.82, 2.24) is 5.32 Å². The van der Waals surface area contributed by atoms with Gasteiger partial charge in [-0.05, 0) is 43.9 Å². The molecule has 0 saturated carbocycles. The van der Waals surface area contributed by atoms with E-state index in [1.165, 1.54) is 12.1 Å². The first-order valence-corrected chi connectivity index (χ1v) is 8.34. The number of carbonyl (C=O) groups is 1. The smallest absolute Gasteiger partial charge is 0.225 e. The van der Waals surface area contributed by atoms with E-state index in [1.807, 2.05) is 19.1 Å². The summed E-state index contributed by atoms with van der Waals surface area (Å²) in [4.78, 5) is 12.4. The molecule has 2 saturated heterocycles. The molecule has 0 radical (unpaired) electrons. The zero-order valence-electron chi connectivity index (χ0n) is 13.5. The van der Waals surface area contributed by atoms with Crippen molar-refractivity contribution >= 4 is 5.91 Å². The Labute approximate surface area is 136 Å². The summed E-state index contributed by atoms with van der Waals surface area (Å²) in [6, 6.07) is 6.63. The average molecular weight is 321 g/mol. The first-order chi connectivity index (χ1) is 11.1. The zero-order chi connectivity index (χ0) is 16.3. The van der Waals surface area contributed by atoms with Crippen LogP contribution in [0.4, 0.5) is 4.39 Å². The molecule has 1 N–H and O–H groups in total. The Balaban J connectivity index is 1.72. The number of amides is 1. The predicted molar refractivity (Wildman–Crippen MR) is 84.7 cm³/mol. The number of ether oxygens (including phenoxy) is 2. The fourth-order valence-corrected chi connectivity index (χ4v) is 3.60. The van der Waals surface area contributed by atoms with Crippen LogP contribution in [-0.4, -0.2) is 38.4 Å². The first kappa shape index (κ1) is 16.4. The topological polar surface area (TPSA) is 47.6 Å². The number of halogens is 1. The Morgan fingerprint density at radius 2 is 1.96 bits per heavy atom. The van der Waals surface area contributed by atoms with Crippen molar-refractivity contribution in [2.24, 2.45) is 5.92 Å². The van der Waals surface area contributed by atoms with Crippen LogP contribution in [0.15, 0.2) is 24.3 Å². The SMILES string of the molecule is CC1OCCC1C(=O)NCC1(c2ccc(F)cc2)CCOCC1. The van der Waals surface area contributed by atoms with Crippen LogP contribution in [-0.2, 0) is 19.7 Å². The van der Waals surface area contributed by atoms with E-state index in [0.717, 1.165) is 24.8 Å². The van der Waals surface area contributed by atoms with Gasteiger partial charge in [-0.15, -0.1) is 0 Å². The van der Waals surface area contributed by atoms with E-state index < -0.39 is 0 Å². The third-order valence-corrected chi connectivity index (χ3v) is 5.22. The minimum Gasteiger partial charge on any atom is -0.381 e. The van der Waals surface area contributed by atoms with E-state index in [2.05, 4.69) is 5.32 Å². The summed E-state index contributed by atoms with van der Waals surface area (Å²) < 4.78 is 24.2. The molecule has 2 aliphatic heterocycles. The van der Waals surface area contributed by atoms with Crippen molar-refractivity contribution in [3.63, 3.8) is 0 Å². The van der Waals surface area contributed by atoms with Crippen molar-refractivity contribution in [2.45, 2.75) is 37.7 Å². The van der Waals surface area contributed by atoms with Gasteiger partial charge < -0.3 is 14.8 Å². The minimum atomic E-state index is -0.239. The van der Waals surface area contributed by atoms with Gasteiger partial charge in [-0.1, -0.05) is 12.1 Å². The maximum atomic E-state index is 13.2. The van der Waals surface area contributed by atoms with Gasteiger partial charge in [0.15, 0.2) is 0 Å². The Bertz CT molecular complexity index is 540. The molecule has 1 aromatic rings. The quantitative estimate of drug-likeness (QED) is 0.926. The molecule has 0 aliphatic carbocycles. The molecule has 2 unspecified atom stereocenters. The highest BCUT2D eigenvalue weighted by Gasteiger charge is 2.37. The summed E-state index contributed by atoms with van der Waals surface area (Å²) in [5, 5.41) is 3.11. The highest BCUT2D eigenvalue weighted by molar-refractivity contribution is 5.79. The summed E-state index contributed by atoms with van der Waals surface area (Å²) in [7, 11) is 0. The Hall–Kier alpha value is -1.46. The summed E-state index contributed by atoms with van der Waals surface area (Å²) in [5.74, 6) is -0.250. The molecule has 0 aromatic heterocycles. The predicted octanol–water partition coefficient (Wildman–Crippen LogP) is 2.42. The molecule has 126 valence electrons. The molecule has 2 aliphatic rings. The van der Waals surface area contributed by atoms with Gasteiger partial charge in [0.1, 0.15) is 5.82 Å². The number of carbonyl (C=O) groups excluding carboxylic acids is 1. The fraction of sp³-hybridized carbons (Fsp3) is 0.611. The van der Waals surface area contributed by atoms with Crippen LogP contribution in [0.25, 0.3) is 0 Å². The van der Waals surface area contributed by atoms with E-state index in [9.17, 15) is 9.18 Å².